The zero-order chi connectivity index (χ0) is 20.9. The molecule has 1 saturated heterocycles. The summed E-state index contributed by atoms with van der Waals surface area (Å²) in [5.74, 6) is -0.446. The van der Waals surface area contributed by atoms with E-state index in [1.165, 1.54) is 4.90 Å². The highest BCUT2D eigenvalue weighted by molar-refractivity contribution is 6.04. The molecule has 1 aromatic carbocycles. The van der Waals surface area contributed by atoms with Crippen molar-refractivity contribution in [2.45, 2.75) is 31.8 Å². The van der Waals surface area contributed by atoms with E-state index in [9.17, 15) is 14.4 Å². The van der Waals surface area contributed by atoms with Gasteiger partial charge in [-0.3, -0.25) is 19.5 Å². The largest absolute Gasteiger partial charge is 0.361 e. The number of nitrogens with one attached hydrogen (secondary N) is 3. The van der Waals surface area contributed by atoms with Gasteiger partial charge in [0.15, 0.2) is 0 Å². The minimum Gasteiger partial charge on any atom is -0.361 e. The molecule has 0 spiro atoms. The number of rotatable bonds is 8. The van der Waals surface area contributed by atoms with E-state index >= 15 is 0 Å². The van der Waals surface area contributed by atoms with Gasteiger partial charge in [-0.25, -0.2) is 4.79 Å². The van der Waals surface area contributed by atoms with Gasteiger partial charge < -0.3 is 15.6 Å². The topological polar surface area (TPSA) is 107 Å². The van der Waals surface area contributed by atoms with Gasteiger partial charge in [0.2, 0.25) is 5.91 Å². The molecule has 4 amide bonds. The van der Waals surface area contributed by atoms with Gasteiger partial charge in [0.25, 0.3) is 5.91 Å². The molecule has 0 radical (unpaired) electrons. The molecule has 1 aliphatic rings. The maximum Gasteiger partial charge on any atom is 0.324 e. The summed E-state index contributed by atoms with van der Waals surface area (Å²) in [5.41, 5.74) is 2.99. The summed E-state index contributed by atoms with van der Waals surface area (Å²) in [4.78, 5) is 45.4. The Balaban J connectivity index is 1.26. The maximum atomic E-state index is 12.6. The van der Waals surface area contributed by atoms with E-state index in [2.05, 4.69) is 20.6 Å². The van der Waals surface area contributed by atoms with Crippen LogP contribution in [0.2, 0.25) is 0 Å². The molecule has 3 N–H and O–H groups in total. The molecule has 154 valence electrons. The zero-order valence-corrected chi connectivity index (χ0v) is 16.4. The number of imide groups is 1. The molecule has 1 fully saturated rings. The number of hydrogen-bond acceptors (Lipinski definition) is 4. The maximum absolute atomic E-state index is 12.6. The Bertz CT molecular complexity index is 1060. The first kappa shape index (κ1) is 19.6. The molecule has 3 heterocycles. The van der Waals surface area contributed by atoms with Crippen LogP contribution >= 0.6 is 0 Å². The van der Waals surface area contributed by atoms with Gasteiger partial charge in [-0.2, -0.15) is 0 Å². The number of aromatic nitrogens is 2. The van der Waals surface area contributed by atoms with Crippen molar-refractivity contribution in [1.29, 1.82) is 0 Å². The first-order valence-corrected chi connectivity index (χ1v) is 9.94. The average Bonchev–Trinajstić information content (AvgIpc) is 3.30. The van der Waals surface area contributed by atoms with Crippen LogP contribution in [0.4, 0.5) is 4.79 Å². The highest BCUT2D eigenvalue weighted by Gasteiger charge is 2.37. The molecule has 4 rings (SSSR count). The first-order chi connectivity index (χ1) is 14.6. The van der Waals surface area contributed by atoms with Gasteiger partial charge in [-0.1, -0.05) is 24.3 Å². The average molecular weight is 405 g/mol. The number of benzene rings is 1. The van der Waals surface area contributed by atoms with Crippen molar-refractivity contribution >= 4 is 28.7 Å². The lowest BCUT2D eigenvalue weighted by atomic mass is 10.1. The van der Waals surface area contributed by atoms with Crippen molar-refractivity contribution in [3.63, 3.8) is 0 Å². The van der Waals surface area contributed by atoms with E-state index in [-0.39, 0.29) is 24.7 Å². The molecule has 0 unspecified atom stereocenters. The van der Waals surface area contributed by atoms with Crippen LogP contribution < -0.4 is 10.6 Å². The van der Waals surface area contributed by atoms with E-state index in [1.807, 2.05) is 36.5 Å². The Morgan fingerprint density at radius 3 is 2.87 bits per heavy atom. The number of aromatic amines is 1. The lowest BCUT2D eigenvalue weighted by Gasteiger charge is -2.12. The van der Waals surface area contributed by atoms with Gasteiger partial charge in [0, 0.05) is 49.0 Å². The number of carbonyl (C=O) groups is 3. The molecule has 1 aliphatic heterocycles. The van der Waals surface area contributed by atoms with Crippen molar-refractivity contribution in [3.8, 4) is 0 Å². The highest BCUT2D eigenvalue weighted by Crippen LogP contribution is 2.19. The molecule has 0 saturated carbocycles. The number of hydrogen-bond donors (Lipinski definition) is 3. The lowest BCUT2D eigenvalue weighted by Crippen LogP contribution is -2.33. The van der Waals surface area contributed by atoms with E-state index in [1.54, 1.807) is 18.5 Å². The quantitative estimate of drug-likeness (QED) is 0.499. The van der Waals surface area contributed by atoms with E-state index in [4.69, 9.17) is 0 Å². The third kappa shape index (κ3) is 4.32. The van der Waals surface area contributed by atoms with Crippen LogP contribution in [-0.4, -0.2) is 45.3 Å². The summed E-state index contributed by atoms with van der Waals surface area (Å²) in [6.07, 6.45) is 6.27. The third-order valence-electron chi connectivity index (χ3n) is 5.26. The number of nitrogens with zero attached hydrogens (tertiary/aromatic N) is 2. The van der Waals surface area contributed by atoms with Crippen LogP contribution in [0.25, 0.3) is 10.9 Å². The minimum absolute atomic E-state index is 0.160. The number of amides is 4. The fraction of sp³-hybridized carbons (Fsp3) is 0.273. The summed E-state index contributed by atoms with van der Waals surface area (Å²) >= 11 is 0. The van der Waals surface area contributed by atoms with E-state index < -0.39 is 12.1 Å². The summed E-state index contributed by atoms with van der Waals surface area (Å²) < 4.78 is 0. The van der Waals surface area contributed by atoms with Crippen LogP contribution in [0.15, 0.2) is 55.0 Å². The minimum atomic E-state index is -0.662. The van der Waals surface area contributed by atoms with Gasteiger partial charge >= 0.3 is 6.03 Å². The van der Waals surface area contributed by atoms with Crippen molar-refractivity contribution in [1.82, 2.24) is 25.5 Å². The predicted octanol–water partition coefficient (Wildman–Crippen LogP) is 2.12. The van der Waals surface area contributed by atoms with Gasteiger partial charge in [0.1, 0.15) is 6.04 Å². The predicted molar refractivity (Wildman–Crippen MR) is 111 cm³/mol. The molecule has 3 aromatic rings. The molecule has 1 atom stereocenters. The first-order valence-electron chi connectivity index (χ1n) is 9.94. The molecule has 8 heteroatoms. The number of pyridine rings is 1. The zero-order valence-electron chi connectivity index (χ0n) is 16.4. The molecule has 8 nitrogen and oxygen atoms in total. The fourth-order valence-corrected chi connectivity index (χ4v) is 3.62. The second kappa shape index (κ2) is 8.77. The second-order valence-electron chi connectivity index (χ2n) is 7.28. The molecular formula is C22H23N5O3. The Hall–Kier alpha value is -3.68. The summed E-state index contributed by atoms with van der Waals surface area (Å²) in [7, 11) is 0. The number of fused-ring (bicyclic) bond motifs is 1. The monoisotopic (exact) mass is 405 g/mol. The van der Waals surface area contributed by atoms with Gasteiger partial charge in [-0.05, 0) is 36.1 Å². The van der Waals surface area contributed by atoms with Crippen molar-refractivity contribution in [2.24, 2.45) is 0 Å². The molecule has 0 bridgehead atoms. The second-order valence-corrected chi connectivity index (χ2v) is 7.28. The van der Waals surface area contributed by atoms with E-state index in [0.717, 1.165) is 22.0 Å². The third-order valence-corrected chi connectivity index (χ3v) is 5.26. The van der Waals surface area contributed by atoms with Crippen LogP contribution in [-0.2, 0) is 22.6 Å². The smallest absolute Gasteiger partial charge is 0.324 e. The number of carbonyl (C=O) groups excluding carboxylic acids is 3. The van der Waals surface area contributed by atoms with Crippen molar-refractivity contribution < 1.29 is 14.4 Å². The molecule has 30 heavy (non-hydrogen) atoms. The van der Waals surface area contributed by atoms with Crippen LogP contribution in [0.1, 0.15) is 24.0 Å². The molecule has 2 aromatic heterocycles. The Kier molecular flexibility index (Phi) is 5.74. The Labute approximate surface area is 173 Å². The summed E-state index contributed by atoms with van der Waals surface area (Å²) in [6, 6.07) is 10.5. The van der Waals surface area contributed by atoms with Gasteiger partial charge in [-0.15, -0.1) is 0 Å². The number of urea groups is 1. The van der Waals surface area contributed by atoms with Crippen molar-refractivity contribution in [2.75, 3.05) is 6.54 Å². The van der Waals surface area contributed by atoms with E-state index in [0.29, 0.717) is 19.5 Å². The standard InChI is InChI=1S/C22H23N5O3/c28-20(25-13-15-4-3-10-23-12-15)8-7-19-21(29)27(22(30)26-19)11-9-16-14-24-18-6-2-1-5-17(16)18/h1-6,10,12,14,19,24H,7-9,11,13H2,(H,25,28)(H,26,30)/t19-/m0/s1. The Morgan fingerprint density at radius 2 is 2.03 bits per heavy atom. The molecule has 0 aliphatic carbocycles. The van der Waals surface area contributed by atoms with Crippen LogP contribution in [0, 0.1) is 0 Å². The summed E-state index contributed by atoms with van der Waals surface area (Å²) in [5, 5.41) is 6.58. The van der Waals surface area contributed by atoms with Crippen molar-refractivity contribution in [3.05, 3.63) is 66.1 Å². The summed E-state index contributed by atoms with van der Waals surface area (Å²) in [6.45, 7) is 0.685. The van der Waals surface area contributed by atoms with Gasteiger partial charge in [0.05, 0.1) is 0 Å². The SMILES string of the molecule is O=C(CC[C@@H]1NC(=O)N(CCc2c[nH]c3ccccc23)C1=O)NCc1cccnc1. The Morgan fingerprint density at radius 1 is 1.17 bits per heavy atom. The number of H-pyrrole nitrogens is 1. The number of para-hydroxylation sites is 1. The van der Waals surface area contributed by atoms with Crippen LogP contribution in [0.5, 0.6) is 0 Å². The normalized spacial score (nSPS) is 16.1. The fourth-order valence-electron chi connectivity index (χ4n) is 3.62. The van der Waals surface area contributed by atoms with Crippen LogP contribution in [0.3, 0.4) is 0 Å². The lowest BCUT2D eigenvalue weighted by molar-refractivity contribution is -0.127. The molecular weight excluding hydrogens is 382 g/mol. The highest BCUT2D eigenvalue weighted by atomic mass is 16.2.